The number of rotatable bonds is 3. The predicted molar refractivity (Wildman–Crippen MR) is 66.0 cm³/mol. The third-order valence-electron chi connectivity index (χ3n) is 2.98. The van der Waals surface area contributed by atoms with Gasteiger partial charge in [-0.15, -0.1) is 0 Å². The molecule has 1 aromatic heterocycles. The summed E-state index contributed by atoms with van der Waals surface area (Å²) in [6.07, 6.45) is 5.27. The zero-order valence-corrected chi connectivity index (χ0v) is 10.4. The molecular weight excluding hydrogens is 216 g/mol. The van der Waals surface area contributed by atoms with E-state index in [1.165, 1.54) is 0 Å². The van der Waals surface area contributed by atoms with Gasteiger partial charge in [0.1, 0.15) is 11.4 Å². The largest absolute Gasteiger partial charge is 0.489 e. The summed E-state index contributed by atoms with van der Waals surface area (Å²) in [6.45, 7) is 5.50. The summed E-state index contributed by atoms with van der Waals surface area (Å²) in [4.78, 5) is 4.15. The lowest BCUT2D eigenvalue weighted by molar-refractivity contribution is 0.0117. The summed E-state index contributed by atoms with van der Waals surface area (Å²) in [6, 6.07) is 1.89. The van der Waals surface area contributed by atoms with Crippen LogP contribution in [0, 0.1) is 0 Å². The van der Waals surface area contributed by atoms with E-state index in [-0.39, 0.29) is 6.10 Å². The van der Waals surface area contributed by atoms with Crippen LogP contribution in [0.25, 0.3) is 0 Å². The maximum Gasteiger partial charge on any atom is 0.138 e. The number of ether oxygens (including phenoxy) is 1. The van der Waals surface area contributed by atoms with Gasteiger partial charge in [-0.3, -0.25) is 4.98 Å². The summed E-state index contributed by atoms with van der Waals surface area (Å²) < 4.78 is 5.60. The number of nitrogens with one attached hydrogen (secondary N) is 1. The van der Waals surface area contributed by atoms with Crippen molar-refractivity contribution in [2.45, 2.75) is 38.4 Å². The fourth-order valence-electron chi connectivity index (χ4n) is 2.15. The Bertz CT molecular complexity index is 373. The standard InChI is InChI=1S/C13H20N2O2/c1-10(2)17-12-6-11(7-15-8-12)13(16)4-3-5-14-9-13/h6-8,10,14,16H,3-5,9H2,1-2H3. The fourth-order valence-corrected chi connectivity index (χ4v) is 2.15. The molecule has 4 nitrogen and oxygen atoms in total. The van der Waals surface area contributed by atoms with Gasteiger partial charge in [0.25, 0.3) is 0 Å². The first-order valence-corrected chi connectivity index (χ1v) is 6.15. The molecule has 1 saturated heterocycles. The molecule has 2 rings (SSSR count). The van der Waals surface area contributed by atoms with Crippen molar-refractivity contribution in [3.63, 3.8) is 0 Å². The van der Waals surface area contributed by atoms with Gasteiger partial charge in [0.05, 0.1) is 12.3 Å². The maximum absolute atomic E-state index is 10.5. The van der Waals surface area contributed by atoms with Crippen molar-refractivity contribution < 1.29 is 9.84 Å². The Labute approximate surface area is 102 Å². The molecule has 17 heavy (non-hydrogen) atoms. The van der Waals surface area contributed by atoms with Crippen LogP contribution in [0.15, 0.2) is 18.5 Å². The first-order chi connectivity index (χ1) is 8.10. The SMILES string of the molecule is CC(C)Oc1cncc(C2(O)CCCNC2)c1. The fraction of sp³-hybridized carbons (Fsp3) is 0.615. The smallest absolute Gasteiger partial charge is 0.138 e. The van der Waals surface area contributed by atoms with E-state index < -0.39 is 5.60 Å². The highest BCUT2D eigenvalue weighted by atomic mass is 16.5. The second kappa shape index (κ2) is 5.02. The lowest BCUT2D eigenvalue weighted by Crippen LogP contribution is -2.43. The highest BCUT2D eigenvalue weighted by molar-refractivity contribution is 5.29. The molecule has 94 valence electrons. The number of aliphatic hydroxyl groups is 1. The molecule has 1 atom stereocenters. The molecule has 2 N–H and O–H groups in total. The Hall–Kier alpha value is -1.13. The van der Waals surface area contributed by atoms with E-state index in [1.54, 1.807) is 12.4 Å². The average Bonchev–Trinajstić information content (AvgIpc) is 2.29. The van der Waals surface area contributed by atoms with E-state index in [1.807, 2.05) is 19.9 Å². The number of β-amino-alcohol motifs (C(OH)–C–C–N with tert-alkyl or cyclic N) is 1. The molecule has 1 aliphatic heterocycles. The van der Waals surface area contributed by atoms with Crippen LogP contribution in [-0.2, 0) is 5.60 Å². The van der Waals surface area contributed by atoms with Crippen LogP contribution in [-0.4, -0.2) is 29.3 Å². The first-order valence-electron chi connectivity index (χ1n) is 6.15. The van der Waals surface area contributed by atoms with Crippen LogP contribution >= 0.6 is 0 Å². The molecule has 1 aliphatic rings. The van der Waals surface area contributed by atoms with Gasteiger partial charge in [0, 0.05) is 18.3 Å². The van der Waals surface area contributed by atoms with E-state index in [4.69, 9.17) is 4.74 Å². The van der Waals surface area contributed by atoms with Gasteiger partial charge in [0.15, 0.2) is 0 Å². The summed E-state index contributed by atoms with van der Waals surface area (Å²) >= 11 is 0. The van der Waals surface area contributed by atoms with E-state index >= 15 is 0 Å². The molecule has 1 aromatic rings. The Balaban J connectivity index is 2.19. The minimum atomic E-state index is -0.804. The average molecular weight is 236 g/mol. The van der Waals surface area contributed by atoms with Crippen LogP contribution in [0.5, 0.6) is 5.75 Å². The zero-order valence-electron chi connectivity index (χ0n) is 10.4. The minimum absolute atomic E-state index is 0.117. The summed E-state index contributed by atoms with van der Waals surface area (Å²) in [5.41, 5.74) is 0.0320. The summed E-state index contributed by atoms with van der Waals surface area (Å²) in [5, 5.41) is 13.8. The Kier molecular flexibility index (Phi) is 3.64. The van der Waals surface area contributed by atoms with Crippen LogP contribution < -0.4 is 10.1 Å². The molecule has 2 heterocycles. The molecule has 0 aliphatic carbocycles. The molecule has 1 unspecified atom stereocenters. The Morgan fingerprint density at radius 1 is 1.47 bits per heavy atom. The van der Waals surface area contributed by atoms with Crippen molar-refractivity contribution >= 4 is 0 Å². The third-order valence-corrected chi connectivity index (χ3v) is 2.98. The quantitative estimate of drug-likeness (QED) is 0.834. The molecule has 0 spiro atoms. The number of pyridine rings is 1. The number of nitrogens with zero attached hydrogens (tertiary/aromatic N) is 1. The van der Waals surface area contributed by atoms with E-state index in [0.717, 1.165) is 30.7 Å². The van der Waals surface area contributed by atoms with Crippen molar-refractivity contribution in [3.05, 3.63) is 24.0 Å². The molecule has 0 aromatic carbocycles. The Morgan fingerprint density at radius 2 is 2.29 bits per heavy atom. The highest BCUT2D eigenvalue weighted by Crippen LogP contribution is 2.29. The summed E-state index contributed by atoms with van der Waals surface area (Å²) in [5.74, 6) is 0.719. The van der Waals surface area contributed by atoms with Crippen molar-refractivity contribution in [1.29, 1.82) is 0 Å². The van der Waals surface area contributed by atoms with Crippen LogP contribution in [0.3, 0.4) is 0 Å². The normalized spacial score (nSPS) is 24.9. The van der Waals surface area contributed by atoms with Gasteiger partial charge in [-0.1, -0.05) is 0 Å². The third kappa shape index (κ3) is 2.96. The molecule has 4 heteroatoms. The molecular formula is C13H20N2O2. The van der Waals surface area contributed by atoms with Crippen molar-refractivity contribution in [2.24, 2.45) is 0 Å². The van der Waals surface area contributed by atoms with Gasteiger partial charge in [-0.05, 0) is 39.3 Å². The van der Waals surface area contributed by atoms with Gasteiger partial charge in [0.2, 0.25) is 0 Å². The molecule has 0 saturated carbocycles. The second-order valence-electron chi connectivity index (χ2n) is 4.89. The van der Waals surface area contributed by atoms with E-state index in [2.05, 4.69) is 10.3 Å². The summed E-state index contributed by atoms with van der Waals surface area (Å²) in [7, 11) is 0. The number of hydrogen-bond donors (Lipinski definition) is 2. The number of piperidine rings is 1. The second-order valence-corrected chi connectivity index (χ2v) is 4.89. The molecule has 0 amide bonds. The predicted octanol–water partition coefficient (Wildman–Crippen LogP) is 1.44. The molecule has 1 fully saturated rings. The van der Waals surface area contributed by atoms with Crippen LogP contribution in [0.2, 0.25) is 0 Å². The van der Waals surface area contributed by atoms with Crippen molar-refractivity contribution in [1.82, 2.24) is 10.3 Å². The van der Waals surface area contributed by atoms with Gasteiger partial charge in [-0.2, -0.15) is 0 Å². The monoisotopic (exact) mass is 236 g/mol. The first kappa shape index (κ1) is 12.3. The van der Waals surface area contributed by atoms with Crippen molar-refractivity contribution in [2.75, 3.05) is 13.1 Å². The topological polar surface area (TPSA) is 54.4 Å². The Morgan fingerprint density at radius 3 is 2.94 bits per heavy atom. The highest BCUT2D eigenvalue weighted by Gasteiger charge is 2.31. The van der Waals surface area contributed by atoms with Crippen LogP contribution in [0.4, 0.5) is 0 Å². The van der Waals surface area contributed by atoms with E-state index in [0.29, 0.717) is 6.54 Å². The zero-order chi connectivity index (χ0) is 12.3. The van der Waals surface area contributed by atoms with E-state index in [9.17, 15) is 5.11 Å². The lowest BCUT2D eigenvalue weighted by atomic mass is 9.88. The van der Waals surface area contributed by atoms with Crippen LogP contribution in [0.1, 0.15) is 32.3 Å². The lowest BCUT2D eigenvalue weighted by Gasteiger charge is -2.33. The molecule has 0 radical (unpaired) electrons. The number of aromatic nitrogens is 1. The maximum atomic E-state index is 10.5. The molecule has 0 bridgehead atoms. The van der Waals surface area contributed by atoms with Gasteiger partial charge < -0.3 is 15.2 Å². The van der Waals surface area contributed by atoms with Crippen molar-refractivity contribution in [3.8, 4) is 5.75 Å². The van der Waals surface area contributed by atoms with Gasteiger partial charge in [-0.25, -0.2) is 0 Å². The van der Waals surface area contributed by atoms with Gasteiger partial charge >= 0.3 is 0 Å². The number of hydrogen-bond acceptors (Lipinski definition) is 4. The minimum Gasteiger partial charge on any atom is -0.489 e.